The molecule has 0 bridgehead atoms. The van der Waals surface area contributed by atoms with Crippen LogP contribution >= 0.6 is 0 Å². The van der Waals surface area contributed by atoms with E-state index in [-0.39, 0.29) is 6.54 Å². The molecule has 3 heteroatoms. The third-order valence-corrected chi connectivity index (χ3v) is 2.69. The van der Waals surface area contributed by atoms with Crippen LogP contribution in [-0.2, 0) is 11.2 Å². The smallest absolute Gasteiger partial charge is 0.293 e. The molecule has 3 nitrogen and oxygen atoms in total. The molecule has 1 aliphatic rings. The number of terminal acetylenes is 1. The number of fused-ring (bicyclic) bond motifs is 1. The van der Waals surface area contributed by atoms with E-state index in [9.17, 15) is 9.59 Å². The van der Waals surface area contributed by atoms with E-state index in [0.29, 0.717) is 11.3 Å². The van der Waals surface area contributed by atoms with Gasteiger partial charge in [-0.3, -0.25) is 14.5 Å². The SMILES string of the molecule is C#CCN1C(=O)C(=O)c2cc(CC)ccc21. The Balaban J connectivity index is 2.52. The molecule has 1 aromatic rings. The Morgan fingerprint density at radius 2 is 2.12 bits per heavy atom. The molecule has 1 aliphatic heterocycles. The average molecular weight is 213 g/mol. The first-order valence-corrected chi connectivity index (χ1v) is 5.11. The van der Waals surface area contributed by atoms with Crippen LogP contribution in [0.5, 0.6) is 0 Å². The molecule has 0 atom stereocenters. The second-order valence-corrected chi connectivity index (χ2v) is 3.63. The van der Waals surface area contributed by atoms with Crippen molar-refractivity contribution in [3.63, 3.8) is 0 Å². The van der Waals surface area contributed by atoms with Gasteiger partial charge >= 0.3 is 0 Å². The van der Waals surface area contributed by atoms with Crippen molar-refractivity contribution in [1.29, 1.82) is 0 Å². The van der Waals surface area contributed by atoms with E-state index in [1.165, 1.54) is 4.90 Å². The highest BCUT2D eigenvalue weighted by Crippen LogP contribution is 2.29. The van der Waals surface area contributed by atoms with E-state index in [1.807, 2.05) is 13.0 Å². The van der Waals surface area contributed by atoms with E-state index >= 15 is 0 Å². The molecule has 1 aromatic carbocycles. The largest absolute Gasteiger partial charge is 0.300 e. The van der Waals surface area contributed by atoms with Crippen LogP contribution in [0.1, 0.15) is 22.8 Å². The Labute approximate surface area is 94.1 Å². The second kappa shape index (κ2) is 3.82. The Hall–Kier alpha value is -2.08. The van der Waals surface area contributed by atoms with Gasteiger partial charge in [-0.2, -0.15) is 0 Å². The standard InChI is InChI=1S/C13H11NO2/c1-3-7-14-11-6-5-9(4-2)8-10(11)12(15)13(14)16/h1,5-6,8H,4,7H2,2H3. The number of carbonyl (C=O) groups is 2. The minimum atomic E-state index is -0.527. The minimum absolute atomic E-state index is 0.142. The summed E-state index contributed by atoms with van der Waals surface area (Å²) in [6, 6.07) is 5.47. The minimum Gasteiger partial charge on any atom is -0.293 e. The van der Waals surface area contributed by atoms with Crippen molar-refractivity contribution in [2.45, 2.75) is 13.3 Å². The lowest BCUT2D eigenvalue weighted by Gasteiger charge is -2.12. The molecule has 0 fully saturated rings. The van der Waals surface area contributed by atoms with E-state index in [4.69, 9.17) is 6.42 Å². The van der Waals surface area contributed by atoms with Crippen molar-refractivity contribution in [1.82, 2.24) is 0 Å². The number of hydrogen-bond acceptors (Lipinski definition) is 2. The molecule has 0 unspecified atom stereocenters. The van der Waals surface area contributed by atoms with Crippen molar-refractivity contribution < 1.29 is 9.59 Å². The van der Waals surface area contributed by atoms with Gasteiger partial charge in [-0.05, 0) is 24.1 Å². The Morgan fingerprint density at radius 3 is 2.75 bits per heavy atom. The molecule has 16 heavy (non-hydrogen) atoms. The number of rotatable bonds is 2. The Kier molecular flexibility index (Phi) is 2.49. The lowest BCUT2D eigenvalue weighted by atomic mass is 10.1. The van der Waals surface area contributed by atoms with Crippen molar-refractivity contribution in [2.75, 3.05) is 11.4 Å². The van der Waals surface area contributed by atoms with Gasteiger partial charge in [0.15, 0.2) is 0 Å². The summed E-state index contributed by atoms with van der Waals surface area (Å²) in [4.78, 5) is 24.7. The molecule has 0 saturated heterocycles. The summed E-state index contributed by atoms with van der Waals surface area (Å²) >= 11 is 0. The summed E-state index contributed by atoms with van der Waals surface area (Å²) in [5, 5.41) is 0. The number of ketones is 1. The fraction of sp³-hybridized carbons (Fsp3) is 0.231. The first-order valence-electron chi connectivity index (χ1n) is 5.11. The summed E-state index contributed by atoms with van der Waals surface area (Å²) in [5.74, 6) is 1.40. The lowest BCUT2D eigenvalue weighted by Crippen LogP contribution is -2.29. The van der Waals surface area contributed by atoms with Gasteiger partial charge in [0, 0.05) is 0 Å². The Bertz CT molecular complexity index is 511. The fourth-order valence-corrected chi connectivity index (χ4v) is 1.82. The average Bonchev–Trinajstić information content (AvgIpc) is 2.54. The van der Waals surface area contributed by atoms with E-state index in [2.05, 4.69) is 5.92 Å². The number of aryl methyl sites for hydroxylation is 1. The number of benzene rings is 1. The molecule has 0 radical (unpaired) electrons. The molecule has 0 saturated carbocycles. The molecule has 0 spiro atoms. The van der Waals surface area contributed by atoms with Gasteiger partial charge in [-0.15, -0.1) is 6.42 Å². The number of anilines is 1. The van der Waals surface area contributed by atoms with Crippen LogP contribution in [0.15, 0.2) is 18.2 Å². The van der Waals surface area contributed by atoms with Crippen LogP contribution in [-0.4, -0.2) is 18.2 Å². The number of carbonyl (C=O) groups excluding carboxylic acids is 2. The van der Waals surface area contributed by atoms with Gasteiger partial charge in [0.2, 0.25) is 0 Å². The summed E-state index contributed by atoms with van der Waals surface area (Å²) in [7, 11) is 0. The van der Waals surface area contributed by atoms with Crippen molar-refractivity contribution >= 4 is 17.4 Å². The van der Waals surface area contributed by atoms with Gasteiger partial charge in [-0.25, -0.2) is 0 Å². The van der Waals surface area contributed by atoms with Crippen LogP contribution in [0.2, 0.25) is 0 Å². The second-order valence-electron chi connectivity index (χ2n) is 3.63. The Morgan fingerprint density at radius 1 is 1.38 bits per heavy atom. The zero-order valence-electron chi connectivity index (χ0n) is 8.99. The maximum atomic E-state index is 11.7. The highest BCUT2D eigenvalue weighted by Gasteiger charge is 2.35. The van der Waals surface area contributed by atoms with Gasteiger partial charge in [0.25, 0.3) is 11.7 Å². The molecule has 2 rings (SSSR count). The van der Waals surface area contributed by atoms with Gasteiger partial charge in [0.1, 0.15) is 0 Å². The maximum absolute atomic E-state index is 11.7. The highest BCUT2D eigenvalue weighted by atomic mass is 16.2. The number of nitrogens with zero attached hydrogens (tertiary/aromatic N) is 1. The van der Waals surface area contributed by atoms with Gasteiger partial charge in [0.05, 0.1) is 17.8 Å². The predicted octanol–water partition coefficient (Wildman–Crippen LogP) is 1.41. The summed E-state index contributed by atoms with van der Waals surface area (Å²) in [6.45, 7) is 2.14. The topological polar surface area (TPSA) is 37.4 Å². The predicted molar refractivity (Wildman–Crippen MR) is 61.3 cm³/mol. The number of amides is 1. The molecular formula is C13H11NO2. The zero-order valence-corrected chi connectivity index (χ0v) is 8.99. The molecule has 1 amide bonds. The molecule has 0 aromatic heterocycles. The molecule has 0 aliphatic carbocycles. The summed E-state index contributed by atoms with van der Waals surface area (Å²) < 4.78 is 0. The van der Waals surface area contributed by atoms with Crippen LogP contribution in [0, 0.1) is 12.3 Å². The summed E-state index contributed by atoms with van der Waals surface area (Å²) in [6.07, 6.45) is 6.01. The van der Waals surface area contributed by atoms with E-state index in [0.717, 1.165) is 12.0 Å². The molecular weight excluding hydrogens is 202 g/mol. The normalized spacial score (nSPS) is 13.9. The monoisotopic (exact) mass is 213 g/mol. The van der Waals surface area contributed by atoms with E-state index < -0.39 is 11.7 Å². The van der Waals surface area contributed by atoms with Crippen molar-refractivity contribution in [2.24, 2.45) is 0 Å². The van der Waals surface area contributed by atoms with E-state index in [1.54, 1.807) is 12.1 Å². The van der Waals surface area contributed by atoms with Gasteiger partial charge in [-0.1, -0.05) is 18.9 Å². The maximum Gasteiger partial charge on any atom is 0.300 e. The molecule has 1 heterocycles. The van der Waals surface area contributed by atoms with Crippen LogP contribution in [0.25, 0.3) is 0 Å². The highest BCUT2D eigenvalue weighted by molar-refractivity contribution is 6.52. The first-order chi connectivity index (χ1) is 7.69. The number of hydrogen-bond donors (Lipinski definition) is 0. The molecule has 0 N–H and O–H groups in total. The third kappa shape index (κ3) is 1.40. The quantitative estimate of drug-likeness (QED) is 0.550. The van der Waals surface area contributed by atoms with Gasteiger partial charge < -0.3 is 0 Å². The number of Topliss-reactive ketones (excluding diaryl/α,β-unsaturated/α-hetero) is 1. The molecule has 80 valence electrons. The third-order valence-electron chi connectivity index (χ3n) is 2.69. The van der Waals surface area contributed by atoms with Crippen LogP contribution in [0.3, 0.4) is 0 Å². The first kappa shape index (κ1) is 10.4. The van der Waals surface area contributed by atoms with Crippen molar-refractivity contribution in [3.8, 4) is 12.3 Å². The summed E-state index contributed by atoms with van der Waals surface area (Å²) in [5.41, 5.74) is 2.15. The van der Waals surface area contributed by atoms with Crippen molar-refractivity contribution in [3.05, 3.63) is 29.3 Å². The van der Waals surface area contributed by atoms with Crippen LogP contribution in [0.4, 0.5) is 5.69 Å². The zero-order chi connectivity index (χ0) is 11.7. The lowest BCUT2D eigenvalue weighted by molar-refractivity contribution is -0.114. The van der Waals surface area contributed by atoms with Crippen LogP contribution < -0.4 is 4.90 Å². The fourth-order valence-electron chi connectivity index (χ4n) is 1.82.